The molecular weight excluding hydrogens is 2150 g/mol. The number of phenolic OH excluding ortho intramolecular Hbond substituents is 2. The number of ketones is 1. The van der Waals surface area contributed by atoms with Gasteiger partial charge in [0.1, 0.15) is 104 Å². The van der Waals surface area contributed by atoms with Crippen molar-refractivity contribution in [3.05, 3.63) is 261 Å². The smallest absolute Gasteiger partial charge is 0.310 e. The van der Waals surface area contributed by atoms with Crippen molar-refractivity contribution >= 4 is 214 Å². The Bertz CT molecular complexity index is 6500. The topological polar surface area (TPSA) is 359 Å². The first-order valence-corrected chi connectivity index (χ1v) is 43.1. The maximum absolute atomic E-state index is 12.0. The summed E-state index contributed by atoms with van der Waals surface area (Å²) in [5.74, 6) is 2.37. The molecule has 0 aliphatic carbocycles. The molecule has 11 heterocycles. The van der Waals surface area contributed by atoms with Crippen molar-refractivity contribution in [2.75, 3.05) is 54.4 Å². The fraction of sp³-hybridized carbons (Fsp3) is 0.211. The maximum Gasteiger partial charge on any atom is 0.310 e. The van der Waals surface area contributed by atoms with Gasteiger partial charge in [0.15, 0.2) is 12.1 Å². The van der Waals surface area contributed by atoms with Crippen LogP contribution in [0.2, 0.25) is 0 Å². The molecule has 2 unspecified atom stereocenters. The fourth-order valence-corrected chi connectivity index (χ4v) is 15.4. The van der Waals surface area contributed by atoms with E-state index in [4.69, 9.17) is 82.8 Å². The Morgan fingerprint density at radius 1 is 0.453 bits per heavy atom. The van der Waals surface area contributed by atoms with Crippen molar-refractivity contribution in [3.63, 3.8) is 0 Å². The Morgan fingerprint density at radius 2 is 0.859 bits per heavy atom. The Kier molecular flexibility index (Phi) is 36.5. The van der Waals surface area contributed by atoms with E-state index in [0.717, 1.165) is 162 Å². The summed E-state index contributed by atoms with van der Waals surface area (Å²) in [5.41, 5.74) is 9.38. The van der Waals surface area contributed by atoms with Gasteiger partial charge in [0.05, 0.1) is 125 Å². The first-order chi connectivity index (χ1) is 60.9. The minimum atomic E-state index is -0.346. The molecule has 2 fully saturated rings. The van der Waals surface area contributed by atoms with Crippen molar-refractivity contribution in [2.24, 2.45) is 0 Å². The zero-order chi connectivity index (χ0) is 89.5. The number of allylic oxidation sites excluding steroid dienone is 1. The first kappa shape index (κ1) is 98.6. The number of hydrogen-bond acceptors (Lipinski definition) is 25. The summed E-state index contributed by atoms with van der Waals surface area (Å²) >= 11 is 16.6. The summed E-state index contributed by atoms with van der Waals surface area (Å²) in [4.78, 5) is 68.5. The second-order valence-corrected chi connectivity index (χ2v) is 31.9. The van der Waals surface area contributed by atoms with Gasteiger partial charge in [-0.25, -0.2) is 0 Å². The number of rotatable bonds is 19. The standard InChI is InChI=1S/2C15H11NO4.C14H12O4.C13H19BrO4.C13H11BrO3.C9H7BrO2.C8H5BrO2.C7H7BrO2.CH3.W/c2*17-14-2-1-9(15(18)16-14)11-7-20-13-5-8-3-4-19-12(8)6-10(11)13;1-2-16-14(15)6-10-8-18-13-5-9-3-4-17-12(9)7-11(10)13;1-4-16-13(17-5-2)9-18-10-6-7-12(15-3)11(14)8-10;1-9(15)3-2-5-16-13-7-10-4-6-17-12(10)8-11(13)14;1-11-9-4-6-2-3-12-8(6)5-7(9)10;9-6-4-8-5(1-2-11-8)3-7(6)10;1-10-7-3-2-5(9)4-6(7)8;;/h2*3-7,9H,1-2H2,(H,16,17,18);3-5,7-8H,2,6H2,1H3;6-8,13H,4-5,9H2,1-3H3;2-4,6-8H,5H2,1H3;2-5H,1H3;1-4,10H;2-4,9H,1H3;1H3;/q;;;;;;;;-1;/b;;;;3-2+;;;;;. The third-order valence-electron chi connectivity index (χ3n) is 19.2. The number of phenols is 2. The van der Waals surface area contributed by atoms with Crippen LogP contribution >= 0.6 is 79.6 Å². The summed E-state index contributed by atoms with van der Waals surface area (Å²) in [6, 6.07) is 43.9. The van der Waals surface area contributed by atoms with Gasteiger partial charge in [-0.15, -0.1) is 0 Å². The van der Waals surface area contributed by atoms with E-state index in [9.17, 15) is 33.9 Å². The predicted molar refractivity (Wildman–Crippen MR) is 496 cm³/mol. The number of benzene rings is 8. The zero-order valence-electron chi connectivity index (χ0n) is 70.1. The van der Waals surface area contributed by atoms with Gasteiger partial charge in [0.25, 0.3) is 0 Å². The van der Waals surface area contributed by atoms with Gasteiger partial charge in [-0.1, -0.05) is 0 Å². The SMILES string of the molecule is CC(=O)/C=C/COc1cc2ccoc2cc1Br.CCOC(=O)Cc1coc2cc3ccoc3cc12.CCOC(COc1ccc(OC)c(Br)c1)OCC.COc1cc2ccoc2cc1Br.COc1ccc(O)cc1Br.O=C1CCC(c2coc3cc4ccoc4cc23)C(=O)N1.O=C1CCC(c2coc3cc4ccoc4cc23)C(=O)N1.Oc1cc2ccoc2cc1Br.[CH3-].[W]. The number of furan rings is 9. The van der Waals surface area contributed by atoms with Gasteiger partial charge in [0, 0.05) is 112 Å². The van der Waals surface area contributed by atoms with E-state index < -0.39 is 0 Å². The quantitative estimate of drug-likeness (QED) is 0.0192. The van der Waals surface area contributed by atoms with Crippen molar-refractivity contribution in [1.82, 2.24) is 10.6 Å². The van der Waals surface area contributed by atoms with Crippen LogP contribution in [0.15, 0.2) is 276 Å². The average molecular weight is 2240 g/mol. The summed E-state index contributed by atoms with van der Waals surface area (Å²) in [5, 5.41) is 31.4. The summed E-state index contributed by atoms with van der Waals surface area (Å²) in [6.07, 6.45) is 19.4. The minimum Gasteiger partial charge on any atom is -0.508 e. The van der Waals surface area contributed by atoms with Gasteiger partial charge in [0.2, 0.25) is 23.6 Å². The van der Waals surface area contributed by atoms with Crippen molar-refractivity contribution in [3.8, 4) is 40.2 Å². The van der Waals surface area contributed by atoms with Crippen LogP contribution in [0.4, 0.5) is 0 Å². The number of ether oxygens (including phenoxy) is 8. The molecule has 27 nitrogen and oxygen atoms in total. The van der Waals surface area contributed by atoms with Gasteiger partial charge < -0.3 is 95.3 Å². The molecule has 0 radical (unpaired) electrons. The van der Waals surface area contributed by atoms with Crippen LogP contribution in [-0.4, -0.2) is 106 Å². The Morgan fingerprint density at radius 3 is 1.30 bits per heavy atom. The van der Waals surface area contributed by atoms with E-state index in [0.29, 0.717) is 63.2 Å². The molecule has 2 saturated heterocycles. The second kappa shape index (κ2) is 47.4. The predicted octanol–water partition coefficient (Wildman–Crippen LogP) is 24.4. The molecule has 33 heteroatoms. The van der Waals surface area contributed by atoms with Gasteiger partial charge in [-0.05, 0) is 278 Å². The number of piperidine rings is 2. The Labute approximate surface area is 788 Å². The van der Waals surface area contributed by atoms with E-state index in [1.165, 1.54) is 13.0 Å². The Balaban J connectivity index is 0.000000154. The molecule has 17 aromatic rings. The van der Waals surface area contributed by atoms with Gasteiger partial charge >= 0.3 is 5.97 Å². The molecule has 8 aromatic carbocycles. The fourth-order valence-electron chi connectivity index (χ4n) is 13.2. The summed E-state index contributed by atoms with van der Waals surface area (Å²) in [7, 11) is 4.85. The number of esters is 1. The summed E-state index contributed by atoms with van der Waals surface area (Å²) in [6.45, 7) is 9.45. The van der Waals surface area contributed by atoms with Gasteiger partial charge in [-0.3, -0.25) is 39.4 Å². The number of imide groups is 2. The van der Waals surface area contributed by atoms with Crippen molar-refractivity contribution in [2.45, 2.75) is 77.9 Å². The van der Waals surface area contributed by atoms with E-state index in [-0.39, 0.29) is 99.9 Å². The number of hydrogen-bond donors (Lipinski definition) is 4. The maximum atomic E-state index is 12.0. The average Bonchev–Trinajstić information content (AvgIpc) is 1.61. The summed E-state index contributed by atoms with van der Waals surface area (Å²) < 4.78 is 94.4. The molecule has 128 heavy (non-hydrogen) atoms. The van der Waals surface area contributed by atoms with Crippen LogP contribution in [0.3, 0.4) is 0 Å². The number of carbonyl (C=O) groups excluding carboxylic acids is 6. The molecule has 0 spiro atoms. The molecule has 668 valence electrons. The molecule has 4 amide bonds. The zero-order valence-corrected chi connectivity index (χ0v) is 81.0. The van der Waals surface area contributed by atoms with Crippen LogP contribution in [0.5, 0.6) is 40.2 Å². The number of methoxy groups -OCH3 is 3. The van der Waals surface area contributed by atoms with E-state index in [2.05, 4.69) is 90.3 Å². The number of halogens is 5. The minimum absolute atomic E-state index is 0. The molecule has 2 atom stereocenters. The van der Waals surface area contributed by atoms with Crippen molar-refractivity contribution < 1.29 is 138 Å². The number of amides is 4. The van der Waals surface area contributed by atoms with Crippen molar-refractivity contribution in [1.29, 1.82) is 0 Å². The molecule has 4 N–H and O–H groups in total. The van der Waals surface area contributed by atoms with Crippen LogP contribution < -0.4 is 34.3 Å². The molecule has 0 saturated carbocycles. The largest absolute Gasteiger partial charge is 0.508 e. The molecule has 19 rings (SSSR count). The van der Waals surface area contributed by atoms with Crippen LogP contribution in [0, 0.1) is 7.43 Å². The number of fused-ring (bicyclic) bond motifs is 9. The third kappa shape index (κ3) is 25.9. The van der Waals surface area contributed by atoms with E-state index in [1.54, 1.807) is 121 Å². The van der Waals surface area contributed by atoms with Crippen LogP contribution in [-0.2, 0) is 70.5 Å². The van der Waals surface area contributed by atoms with Crippen LogP contribution in [0.25, 0.3) is 98.7 Å². The first-order valence-electron chi connectivity index (χ1n) is 39.1. The van der Waals surface area contributed by atoms with E-state index in [1.807, 2.05) is 129 Å². The molecular formula is C95H86Br5N2O25W-. The number of aromatic hydroxyl groups is 2. The second-order valence-electron chi connectivity index (χ2n) is 27.6. The molecule has 9 aromatic heterocycles. The molecule has 2 aliphatic rings. The monoisotopic (exact) mass is 2230 g/mol. The van der Waals surface area contributed by atoms with E-state index >= 15 is 0 Å². The molecule has 0 bridgehead atoms. The van der Waals surface area contributed by atoms with Gasteiger partial charge in [-0.2, -0.15) is 0 Å². The third-order valence-corrected chi connectivity index (χ3v) is 22.4. The Hall–Kier alpha value is -11.6. The van der Waals surface area contributed by atoms with Crippen LogP contribution in [0.1, 0.15) is 81.9 Å². The molecule has 2 aliphatic heterocycles. The number of nitrogens with one attached hydrogen (secondary N) is 2. The number of carbonyl (C=O) groups is 6. The normalized spacial score (nSPS) is 13.4.